The second-order valence-electron chi connectivity index (χ2n) is 7.88. The van der Waals surface area contributed by atoms with Crippen molar-refractivity contribution in [3.05, 3.63) is 28.0 Å². The van der Waals surface area contributed by atoms with Crippen LogP contribution in [-0.4, -0.2) is 53.0 Å². The van der Waals surface area contributed by atoms with E-state index in [1.165, 1.54) is 64.5 Å². The molecule has 144 valence electrons. The predicted octanol–water partition coefficient (Wildman–Crippen LogP) is 3.90. The Morgan fingerprint density at radius 3 is 2.58 bits per heavy atom. The van der Waals surface area contributed by atoms with Gasteiger partial charge < -0.3 is 10.0 Å². The van der Waals surface area contributed by atoms with Crippen molar-refractivity contribution in [3.8, 4) is 0 Å². The number of thiophene rings is 1. The van der Waals surface area contributed by atoms with E-state index in [1.54, 1.807) is 17.4 Å². The first-order valence-electron chi connectivity index (χ1n) is 9.99. The molecule has 2 fully saturated rings. The Labute approximate surface area is 161 Å². The number of aliphatic hydroxyl groups excluding tert-OH is 1. The largest absolute Gasteiger partial charge is 0.392 e. The first kappa shape index (κ1) is 19.6. The van der Waals surface area contributed by atoms with Gasteiger partial charge in [0.1, 0.15) is 0 Å². The van der Waals surface area contributed by atoms with Crippen LogP contribution in [-0.2, 0) is 11.4 Å². The van der Waals surface area contributed by atoms with Gasteiger partial charge in [-0.15, -0.1) is 11.3 Å². The Morgan fingerprint density at radius 2 is 1.92 bits per heavy atom. The van der Waals surface area contributed by atoms with Crippen LogP contribution in [0.4, 0.5) is 0 Å². The monoisotopic (exact) mass is 376 g/mol. The average Bonchev–Trinajstić information content (AvgIpc) is 3.15. The van der Waals surface area contributed by atoms with Crippen LogP contribution in [0, 0.1) is 0 Å². The normalized spacial score (nSPS) is 21.2. The highest BCUT2D eigenvalue weighted by atomic mass is 32.1. The highest BCUT2D eigenvalue weighted by molar-refractivity contribution is 7.11. The maximum absolute atomic E-state index is 12.7. The molecule has 1 N–H and O–H groups in total. The molecule has 26 heavy (non-hydrogen) atoms. The summed E-state index contributed by atoms with van der Waals surface area (Å²) in [6.07, 6.45) is 13.8. The zero-order valence-corrected chi connectivity index (χ0v) is 16.8. The van der Waals surface area contributed by atoms with Crippen molar-refractivity contribution in [1.29, 1.82) is 0 Å². The highest BCUT2D eigenvalue weighted by Crippen LogP contribution is 2.36. The summed E-state index contributed by atoms with van der Waals surface area (Å²) in [5.41, 5.74) is 1.09. The summed E-state index contributed by atoms with van der Waals surface area (Å²) in [4.78, 5) is 18.3. The number of hydrogen-bond donors (Lipinski definition) is 1. The van der Waals surface area contributed by atoms with Gasteiger partial charge in [-0.25, -0.2) is 0 Å². The van der Waals surface area contributed by atoms with E-state index in [9.17, 15) is 4.79 Å². The third-order valence-corrected chi connectivity index (χ3v) is 6.91. The number of rotatable bonds is 6. The Balaban J connectivity index is 1.64. The molecule has 1 amide bonds. The molecule has 5 heteroatoms. The lowest BCUT2D eigenvalue weighted by atomic mass is 9.78. The van der Waals surface area contributed by atoms with Gasteiger partial charge in [0.2, 0.25) is 5.91 Å². The van der Waals surface area contributed by atoms with Crippen molar-refractivity contribution in [3.63, 3.8) is 0 Å². The zero-order valence-electron chi connectivity index (χ0n) is 16.0. The van der Waals surface area contributed by atoms with Crippen LogP contribution < -0.4 is 0 Å². The molecule has 0 atom stereocenters. The molecule has 0 unspecified atom stereocenters. The number of likely N-dealkylation sites (tertiary alicyclic amines) is 1. The second-order valence-corrected chi connectivity index (χ2v) is 8.82. The molecule has 0 bridgehead atoms. The lowest BCUT2D eigenvalue weighted by Gasteiger charge is -2.49. The third-order valence-electron chi connectivity index (χ3n) is 5.97. The standard InChI is InChI=1S/C21H32N2O2S/c1-22(20(25)9-8-19-14-18(15-24)16-26-19)17-21(10-4-2-5-11-21)23-12-6-3-7-13-23/h8-9,14,16,24H,2-7,10-13,15,17H2,1H3/b9-8+. The molecule has 0 spiro atoms. The van der Waals surface area contributed by atoms with Gasteiger partial charge in [0.05, 0.1) is 6.61 Å². The van der Waals surface area contributed by atoms with E-state index in [2.05, 4.69) is 4.90 Å². The fourth-order valence-corrected chi connectivity index (χ4v) is 5.31. The van der Waals surface area contributed by atoms with E-state index >= 15 is 0 Å². The van der Waals surface area contributed by atoms with Gasteiger partial charge in [0, 0.05) is 30.1 Å². The molecular weight excluding hydrogens is 344 g/mol. The van der Waals surface area contributed by atoms with Crippen LogP contribution in [0.2, 0.25) is 0 Å². The van der Waals surface area contributed by atoms with Gasteiger partial charge in [0.25, 0.3) is 0 Å². The van der Waals surface area contributed by atoms with Gasteiger partial charge in [-0.05, 0) is 61.9 Å². The molecule has 2 aliphatic rings. The van der Waals surface area contributed by atoms with E-state index in [-0.39, 0.29) is 18.1 Å². The number of hydrogen-bond acceptors (Lipinski definition) is 4. The maximum Gasteiger partial charge on any atom is 0.246 e. The second kappa shape index (κ2) is 9.16. The predicted molar refractivity (Wildman–Crippen MR) is 108 cm³/mol. The Bertz CT molecular complexity index is 613. The Kier molecular flexibility index (Phi) is 6.90. The van der Waals surface area contributed by atoms with Crippen molar-refractivity contribution in [2.45, 2.75) is 63.5 Å². The molecule has 1 saturated carbocycles. The number of piperidine rings is 1. The van der Waals surface area contributed by atoms with Gasteiger partial charge >= 0.3 is 0 Å². The summed E-state index contributed by atoms with van der Waals surface area (Å²) in [7, 11) is 1.94. The van der Waals surface area contributed by atoms with E-state index < -0.39 is 0 Å². The molecule has 4 nitrogen and oxygen atoms in total. The van der Waals surface area contributed by atoms with Crippen LogP contribution >= 0.6 is 11.3 Å². The minimum Gasteiger partial charge on any atom is -0.392 e. The van der Waals surface area contributed by atoms with Gasteiger partial charge in [-0.3, -0.25) is 9.69 Å². The summed E-state index contributed by atoms with van der Waals surface area (Å²) >= 11 is 1.56. The van der Waals surface area contributed by atoms with Crippen LogP contribution in [0.15, 0.2) is 17.5 Å². The van der Waals surface area contributed by atoms with Gasteiger partial charge in [-0.1, -0.05) is 25.7 Å². The minimum atomic E-state index is 0.0521. The summed E-state index contributed by atoms with van der Waals surface area (Å²) < 4.78 is 0. The molecule has 2 heterocycles. The number of aliphatic hydroxyl groups is 1. The average molecular weight is 377 g/mol. The van der Waals surface area contributed by atoms with Crippen LogP contribution in [0.1, 0.15) is 61.8 Å². The fourth-order valence-electron chi connectivity index (χ4n) is 4.52. The van der Waals surface area contributed by atoms with E-state index in [0.29, 0.717) is 0 Å². The topological polar surface area (TPSA) is 43.8 Å². The van der Waals surface area contributed by atoms with Gasteiger partial charge in [-0.2, -0.15) is 0 Å². The summed E-state index contributed by atoms with van der Waals surface area (Å²) in [5.74, 6) is 0.0749. The zero-order chi connectivity index (χ0) is 18.4. The van der Waals surface area contributed by atoms with Crippen molar-refractivity contribution >= 4 is 23.3 Å². The van der Waals surface area contributed by atoms with E-state index in [0.717, 1.165) is 17.0 Å². The summed E-state index contributed by atoms with van der Waals surface area (Å²) in [6, 6.07) is 1.94. The number of amides is 1. The Morgan fingerprint density at radius 1 is 1.23 bits per heavy atom. The first-order valence-corrected chi connectivity index (χ1v) is 10.9. The number of carbonyl (C=O) groups excluding carboxylic acids is 1. The highest BCUT2D eigenvalue weighted by Gasteiger charge is 2.39. The smallest absolute Gasteiger partial charge is 0.246 e. The maximum atomic E-state index is 12.7. The SMILES string of the molecule is CN(CC1(N2CCCCC2)CCCCC1)C(=O)/C=C/c1cc(CO)cs1. The van der Waals surface area contributed by atoms with Crippen LogP contribution in [0.3, 0.4) is 0 Å². The molecule has 1 aliphatic heterocycles. The van der Waals surface area contributed by atoms with Crippen molar-refractivity contribution in [2.75, 3.05) is 26.7 Å². The van der Waals surface area contributed by atoms with Crippen molar-refractivity contribution < 1.29 is 9.90 Å². The van der Waals surface area contributed by atoms with E-state index in [1.807, 2.05) is 29.5 Å². The number of nitrogens with zero attached hydrogens (tertiary/aromatic N) is 2. The van der Waals surface area contributed by atoms with Gasteiger partial charge in [0.15, 0.2) is 0 Å². The lowest BCUT2D eigenvalue weighted by molar-refractivity contribution is -0.127. The summed E-state index contributed by atoms with van der Waals surface area (Å²) in [6.45, 7) is 3.27. The van der Waals surface area contributed by atoms with E-state index in [4.69, 9.17) is 5.11 Å². The lowest BCUT2D eigenvalue weighted by Crippen LogP contribution is -2.58. The molecule has 1 aliphatic carbocycles. The number of carbonyl (C=O) groups is 1. The van der Waals surface area contributed by atoms with Crippen molar-refractivity contribution in [2.24, 2.45) is 0 Å². The quantitative estimate of drug-likeness (QED) is 0.766. The molecule has 1 saturated heterocycles. The molecule has 0 radical (unpaired) electrons. The molecule has 3 rings (SSSR count). The minimum absolute atomic E-state index is 0.0521. The van der Waals surface area contributed by atoms with Crippen LogP contribution in [0.5, 0.6) is 0 Å². The molecule has 1 aromatic heterocycles. The summed E-state index contributed by atoms with van der Waals surface area (Å²) in [5, 5.41) is 11.1. The Hall–Kier alpha value is -1.17. The number of likely N-dealkylation sites (N-methyl/N-ethyl adjacent to an activating group) is 1. The third kappa shape index (κ3) is 4.76. The van der Waals surface area contributed by atoms with Crippen molar-refractivity contribution in [1.82, 2.24) is 9.80 Å². The molecule has 1 aromatic rings. The van der Waals surface area contributed by atoms with Crippen LogP contribution in [0.25, 0.3) is 6.08 Å². The fraction of sp³-hybridized carbons (Fsp3) is 0.667. The molecular formula is C21H32N2O2S. The first-order chi connectivity index (χ1) is 12.6. The molecule has 0 aromatic carbocycles.